The number of nitrogens with one attached hydrogen (secondary N) is 1. The van der Waals surface area contributed by atoms with E-state index in [0.29, 0.717) is 31.4 Å². The highest BCUT2D eigenvalue weighted by molar-refractivity contribution is 9.10. The number of halogens is 1. The first-order valence-electron chi connectivity index (χ1n) is 5.55. The third-order valence-corrected chi connectivity index (χ3v) is 3.12. The van der Waals surface area contributed by atoms with Gasteiger partial charge in [0.05, 0.1) is 19.8 Å². The van der Waals surface area contributed by atoms with Gasteiger partial charge in [-0.25, -0.2) is 0 Å². The zero-order valence-corrected chi connectivity index (χ0v) is 12.6. The number of anilines is 1. The van der Waals surface area contributed by atoms with Crippen LogP contribution in [0.2, 0.25) is 0 Å². The number of ether oxygens (including phenoxy) is 2. The van der Waals surface area contributed by atoms with Gasteiger partial charge in [0, 0.05) is 29.4 Å². The summed E-state index contributed by atoms with van der Waals surface area (Å²) in [6, 6.07) is 5.78. The molecule has 6 heteroatoms. The summed E-state index contributed by atoms with van der Waals surface area (Å²) in [5.74, 6) is 0. The van der Waals surface area contributed by atoms with Crippen LogP contribution < -0.4 is 11.1 Å². The van der Waals surface area contributed by atoms with E-state index in [-0.39, 0.29) is 0 Å². The van der Waals surface area contributed by atoms with E-state index >= 15 is 0 Å². The summed E-state index contributed by atoms with van der Waals surface area (Å²) < 4.78 is 11.1. The predicted octanol–water partition coefficient (Wildman–Crippen LogP) is 2.16. The van der Waals surface area contributed by atoms with E-state index in [1.165, 1.54) is 0 Å². The molecule has 1 aromatic carbocycles. The van der Waals surface area contributed by atoms with Crippen LogP contribution in [0.25, 0.3) is 0 Å². The van der Waals surface area contributed by atoms with Crippen LogP contribution in [0.5, 0.6) is 0 Å². The second-order valence-corrected chi connectivity index (χ2v) is 4.85. The number of methoxy groups -OCH3 is 1. The lowest BCUT2D eigenvalue weighted by Crippen LogP contribution is -2.17. The zero-order valence-electron chi connectivity index (χ0n) is 10.2. The second-order valence-electron chi connectivity index (χ2n) is 3.56. The molecular formula is C12H17BrN2O2S. The van der Waals surface area contributed by atoms with Crippen molar-refractivity contribution in [1.82, 2.24) is 0 Å². The minimum Gasteiger partial charge on any atom is -0.389 e. The Morgan fingerprint density at radius 3 is 2.83 bits per heavy atom. The molecule has 0 radical (unpaired) electrons. The smallest absolute Gasteiger partial charge is 0.107 e. The zero-order chi connectivity index (χ0) is 13.4. The summed E-state index contributed by atoms with van der Waals surface area (Å²) in [6.07, 6.45) is 0. The third kappa shape index (κ3) is 4.89. The average Bonchev–Trinajstić information content (AvgIpc) is 2.33. The monoisotopic (exact) mass is 332 g/mol. The molecule has 4 nitrogen and oxygen atoms in total. The first-order valence-corrected chi connectivity index (χ1v) is 6.75. The van der Waals surface area contributed by atoms with E-state index < -0.39 is 0 Å². The summed E-state index contributed by atoms with van der Waals surface area (Å²) >= 11 is 8.47. The third-order valence-electron chi connectivity index (χ3n) is 2.25. The van der Waals surface area contributed by atoms with Crippen LogP contribution in [-0.4, -0.2) is 38.5 Å². The Morgan fingerprint density at radius 2 is 2.17 bits per heavy atom. The molecule has 0 aliphatic heterocycles. The van der Waals surface area contributed by atoms with Crippen LogP contribution in [0.15, 0.2) is 22.7 Å². The fourth-order valence-electron chi connectivity index (χ4n) is 1.42. The number of nitrogens with two attached hydrogens (primary N) is 1. The number of hydrogen-bond donors (Lipinski definition) is 2. The Balaban J connectivity index is 2.47. The molecule has 0 fully saturated rings. The average molecular weight is 333 g/mol. The van der Waals surface area contributed by atoms with Crippen LogP contribution in [0.3, 0.4) is 0 Å². The van der Waals surface area contributed by atoms with Crippen LogP contribution in [-0.2, 0) is 9.47 Å². The van der Waals surface area contributed by atoms with Crippen molar-refractivity contribution < 1.29 is 9.47 Å². The van der Waals surface area contributed by atoms with Crippen LogP contribution in [0.4, 0.5) is 5.69 Å². The highest BCUT2D eigenvalue weighted by Crippen LogP contribution is 2.24. The maximum Gasteiger partial charge on any atom is 0.107 e. The normalized spacial score (nSPS) is 10.3. The van der Waals surface area contributed by atoms with Crippen molar-refractivity contribution >= 4 is 38.8 Å². The van der Waals surface area contributed by atoms with Gasteiger partial charge in [0.1, 0.15) is 4.99 Å². The SMILES string of the molecule is COCCOCCNc1cccc(Br)c1C(N)=S. The molecule has 0 saturated carbocycles. The molecule has 0 amide bonds. The van der Waals surface area contributed by atoms with E-state index in [4.69, 9.17) is 27.4 Å². The van der Waals surface area contributed by atoms with E-state index in [2.05, 4.69) is 21.2 Å². The molecule has 3 N–H and O–H groups in total. The molecule has 0 spiro atoms. The van der Waals surface area contributed by atoms with Crippen LogP contribution in [0, 0.1) is 0 Å². The molecule has 0 aliphatic rings. The van der Waals surface area contributed by atoms with Crippen molar-refractivity contribution in [2.45, 2.75) is 0 Å². The molecule has 1 rings (SSSR count). The van der Waals surface area contributed by atoms with Gasteiger partial charge in [-0.15, -0.1) is 0 Å². The highest BCUT2D eigenvalue weighted by Gasteiger charge is 2.08. The minimum atomic E-state index is 0.366. The Hall–Kier alpha value is -0.690. The number of benzene rings is 1. The molecule has 100 valence electrons. The summed E-state index contributed by atoms with van der Waals surface area (Å²) in [7, 11) is 1.65. The van der Waals surface area contributed by atoms with Gasteiger partial charge in [0.15, 0.2) is 0 Å². The molecule has 0 bridgehead atoms. The van der Waals surface area contributed by atoms with Gasteiger partial charge in [-0.05, 0) is 28.1 Å². The van der Waals surface area contributed by atoms with E-state index in [1.54, 1.807) is 7.11 Å². The molecule has 1 aromatic rings. The van der Waals surface area contributed by atoms with Gasteiger partial charge in [0.2, 0.25) is 0 Å². The molecule has 0 aromatic heterocycles. The molecule has 0 heterocycles. The van der Waals surface area contributed by atoms with Crippen molar-refractivity contribution in [3.05, 3.63) is 28.2 Å². The van der Waals surface area contributed by atoms with E-state index in [1.807, 2.05) is 18.2 Å². The van der Waals surface area contributed by atoms with Crippen molar-refractivity contribution in [3.8, 4) is 0 Å². The number of hydrogen-bond acceptors (Lipinski definition) is 4. The lowest BCUT2D eigenvalue weighted by molar-refractivity contribution is 0.0759. The summed E-state index contributed by atoms with van der Waals surface area (Å²) in [6.45, 7) is 2.50. The predicted molar refractivity (Wildman–Crippen MR) is 81.2 cm³/mol. The maximum atomic E-state index is 5.70. The standard InChI is InChI=1S/C12H17BrN2O2S/c1-16-7-8-17-6-5-15-10-4-2-3-9(13)11(10)12(14)18/h2-4,15H,5-8H2,1H3,(H2,14,18). The highest BCUT2D eigenvalue weighted by atomic mass is 79.9. The van der Waals surface area contributed by atoms with Crippen LogP contribution in [0.1, 0.15) is 5.56 Å². The Bertz CT molecular complexity index is 402. The summed E-state index contributed by atoms with van der Waals surface area (Å²) in [4.78, 5) is 0.366. The Labute approximate surface area is 121 Å². The largest absolute Gasteiger partial charge is 0.389 e. The lowest BCUT2D eigenvalue weighted by atomic mass is 10.2. The van der Waals surface area contributed by atoms with Gasteiger partial charge in [0.25, 0.3) is 0 Å². The van der Waals surface area contributed by atoms with Gasteiger partial charge in [-0.3, -0.25) is 0 Å². The first-order chi connectivity index (χ1) is 8.66. The fraction of sp³-hybridized carbons (Fsp3) is 0.417. The quantitative estimate of drug-likeness (QED) is 0.564. The van der Waals surface area contributed by atoms with Crippen LogP contribution >= 0.6 is 28.1 Å². The van der Waals surface area contributed by atoms with Gasteiger partial charge in [-0.2, -0.15) is 0 Å². The Kier molecular flexibility index (Phi) is 7.19. The number of rotatable bonds is 8. The van der Waals surface area contributed by atoms with Gasteiger partial charge in [-0.1, -0.05) is 18.3 Å². The van der Waals surface area contributed by atoms with Crippen molar-refractivity contribution in [1.29, 1.82) is 0 Å². The van der Waals surface area contributed by atoms with Crippen molar-refractivity contribution in [2.24, 2.45) is 5.73 Å². The molecule has 0 aliphatic carbocycles. The summed E-state index contributed by atoms with van der Waals surface area (Å²) in [5.41, 5.74) is 7.43. The first kappa shape index (κ1) is 15.4. The van der Waals surface area contributed by atoms with E-state index in [9.17, 15) is 0 Å². The molecule has 0 saturated heterocycles. The molecule has 0 atom stereocenters. The lowest BCUT2D eigenvalue weighted by Gasteiger charge is -2.12. The number of thiocarbonyl (C=S) groups is 1. The fourth-order valence-corrected chi connectivity index (χ4v) is 2.35. The minimum absolute atomic E-state index is 0.366. The molecule has 18 heavy (non-hydrogen) atoms. The van der Waals surface area contributed by atoms with E-state index in [0.717, 1.165) is 15.7 Å². The maximum absolute atomic E-state index is 5.70. The molecule has 0 unspecified atom stereocenters. The molecular weight excluding hydrogens is 316 g/mol. The van der Waals surface area contributed by atoms with Crippen molar-refractivity contribution in [2.75, 3.05) is 38.8 Å². The second kappa shape index (κ2) is 8.42. The summed E-state index contributed by atoms with van der Waals surface area (Å²) in [5, 5.41) is 3.25. The van der Waals surface area contributed by atoms with Gasteiger partial charge < -0.3 is 20.5 Å². The van der Waals surface area contributed by atoms with Gasteiger partial charge >= 0.3 is 0 Å². The van der Waals surface area contributed by atoms with Crippen molar-refractivity contribution in [3.63, 3.8) is 0 Å². The topological polar surface area (TPSA) is 56.5 Å². The Morgan fingerprint density at radius 1 is 1.39 bits per heavy atom.